The molecule has 0 aliphatic carbocycles. The van der Waals surface area contributed by atoms with Crippen molar-refractivity contribution in [1.29, 1.82) is 0 Å². The predicted octanol–water partition coefficient (Wildman–Crippen LogP) is 1.30. The van der Waals surface area contributed by atoms with Crippen molar-refractivity contribution >= 4 is 28.2 Å². The van der Waals surface area contributed by atoms with Gasteiger partial charge in [0.25, 0.3) is 5.91 Å². The highest BCUT2D eigenvalue weighted by Gasteiger charge is 2.28. The summed E-state index contributed by atoms with van der Waals surface area (Å²) in [5.74, 6) is -0.861. The summed E-state index contributed by atoms with van der Waals surface area (Å²) in [6, 6.07) is 1.58. The molecule has 1 rings (SSSR count). The maximum absolute atomic E-state index is 11.9. The first kappa shape index (κ1) is 13.7. The predicted molar refractivity (Wildman–Crippen MR) is 69.0 cm³/mol. The molecule has 0 spiro atoms. The van der Waals surface area contributed by atoms with Gasteiger partial charge in [-0.2, -0.15) is 0 Å². The van der Waals surface area contributed by atoms with Crippen molar-refractivity contribution in [2.45, 2.75) is 32.2 Å². The van der Waals surface area contributed by atoms with E-state index >= 15 is 0 Å². The molecular weight excluding hydrogens is 238 g/mol. The molecule has 1 aromatic rings. The fraction of sp³-hybridized carbons (Fsp3) is 0.455. The zero-order valence-corrected chi connectivity index (χ0v) is 10.8. The molecule has 1 unspecified atom stereocenters. The summed E-state index contributed by atoms with van der Waals surface area (Å²) < 4.78 is 0. The molecule has 1 atom stereocenters. The summed E-state index contributed by atoms with van der Waals surface area (Å²) in [5.41, 5.74) is 10.5. The molecule has 0 radical (unpaired) electrons. The summed E-state index contributed by atoms with van der Waals surface area (Å²) in [5, 5.41) is 4.80. The van der Waals surface area contributed by atoms with Crippen LogP contribution in [0.2, 0.25) is 0 Å². The van der Waals surface area contributed by atoms with Crippen LogP contribution in [0.5, 0.6) is 0 Å². The van der Waals surface area contributed by atoms with Crippen LogP contribution in [0, 0.1) is 0 Å². The van der Waals surface area contributed by atoms with Gasteiger partial charge in [0.15, 0.2) is 0 Å². The monoisotopic (exact) mass is 255 g/mol. The van der Waals surface area contributed by atoms with Gasteiger partial charge in [0, 0.05) is 0 Å². The minimum Gasteiger partial charge on any atom is -0.366 e. The largest absolute Gasteiger partial charge is 0.366 e. The number of hydrogen-bond donors (Lipinski definition) is 3. The Hall–Kier alpha value is -1.40. The molecule has 0 fully saturated rings. The molecule has 0 saturated heterocycles. The van der Waals surface area contributed by atoms with Crippen LogP contribution in [-0.2, 0) is 4.79 Å². The number of thiophene rings is 1. The van der Waals surface area contributed by atoms with Crippen LogP contribution in [0.15, 0.2) is 11.4 Å². The second-order valence-corrected chi connectivity index (χ2v) is 5.07. The van der Waals surface area contributed by atoms with Crippen molar-refractivity contribution in [3.8, 4) is 0 Å². The Morgan fingerprint density at radius 3 is 2.71 bits per heavy atom. The lowest BCUT2D eigenvalue weighted by molar-refractivity contribution is -0.120. The fourth-order valence-corrected chi connectivity index (χ4v) is 2.27. The van der Waals surface area contributed by atoms with E-state index < -0.39 is 11.4 Å². The highest BCUT2D eigenvalue weighted by Crippen LogP contribution is 2.24. The average Bonchev–Trinajstić information content (AvgIpc) is 2.65. The second-order valence-electron chi connectivity index (χ2n) is 4.15. The highest BCUT2D eigenvalue weighted by molar-refractivity contribution is 7.14. The van der Waals surface area contributed by atoms with E-state index in [1.54, 1.807) is 18.4 Å². The van der Waals surface area contributed by atoms with Crippen molar-refractivity contribution in [1.82, 2.24) is 0 Å². The smallest absolute Gasteiger partial charge is 0.251 e. The Balaban J connectivity index is 2.81. The SMILES string of the molecule is CCCC(C)(N)C(=O)Nc1sccc1C(N)=O. The molecule has 0 aromatic carbocycles. The van der Waals surface area contributed by atoms with Gasteiger partial charge >= 0.3 is 0 Å². The second kappa shape index (κ2) is 5.29. The van der Waals surface area contributed by atoms with Gasteiger partial charge in [0.1, 0.15) is 5.00 Å². The number of amides is 2. The lowest BCUT2D eigenvalue weighted by Crippen LogP contribution is -2.48. The van der Waals surface area contributed by atoms with Gasteiger partial charge in [-0.15, -0.1) is 11.3 Å². The van der Waals surface area contributed by atoms with Crippen molar-refractivity contribution < 1.29 is 9.59 Å². The number of primary amides is 1. The number of nitrogens with one attached hydrogen (secondary N) is 1. The number of nitrogens with two attached hydrogens (primary N) is 2. The Morgan fingerprint density at radius 1 is 1.53 bits per heavy atom. The molecule has 1 heterocycles. The van der Waals surface area contributed by atoms with Crippen LogP contribution in [0.3, 0.4) is 0 Å². The van der Waals surface area contributed by atoms with Crippen molar-refractivity contribution in [3.63, 3.8) is 0 Å². The van der Waals surface area contributed by atoms with E-state index in [-0.39, 0.29) is 5.91 Å². The zero-order chi connectivity index (χ0) is 13.1. The number of anilines is 1. The summed E-state index contributed by atoms with van der Waals surface area (Å²) in [7, 11) is 0. The van der Waals surface area contributed by atoms with E-state index in [1.165, 1.54) is 11.3 Å². The van der Waals surface area contributed by atoms with Gasteiger partial charge in [0.2, 0.25) is 5.91 Å². The third-order valence-electron chi connectivity index (χ3n) is 2.45. The Morgan fingerprint density at radius 2 is 2.18 bits per heavy atom. The molecule has 0 saturated carbocycles. The van der Waals surface area contributed by atoms with E-state index in [1.807, 2.05) is 6.92 Å². The van der Waals surface area contributed by atoms with Gasteiger partial charge in [0.05, 0.1) is 11.1 Å². The molecule has 94 valence electrons. The minimum absolute atomic E-state index is 0.302. The van der Waals surface area contributed by atoms with Crippen molar-refractivity contribution in [2.75, 3.05) is 5.32 Å². The minimum atomic E-state index is -0.937. The van der Waals surface area contributed by atoms with E-state index in [9.17, 15) is 9.59 Å². The number of rotatable bonds is 5. The van der Waals surface area contributed by atoms with Gasteiger partial charge < -0.3 is 16.8 Å². The van der Waals surface area contributed by atoms with Crippen molar-refractivity contribution in [3.05, 3.63) is 17.0 Å². The molecule has 0 aliphatic rings. The van der Waals surface area contributed by atoms with E-state index in [0.717, 1.165) is 6.42 Å². The van der Waals surface area contributed by atoms with Crippen molar-refractivity contribution in [2.24, 2.45) is 11.5 Å². The normalized spacial score (nSPS) is 14.1. The summed E-state index contributed by atoms with van der Waals surface area (Å²) in [6.07, 6.45) is 1.39. The van der Waals surface area contributed by atoms with Gasteiger partial charge in [-0.3, -0.25) is 9.59 Å². The first-order valence-corrected chi connectivity index (χ1v) is 6.24. The number of hydrogen-bond acceptors (Lipinski definition) is 4. The summed E-state index contributed by atoms with van der Waals surface area (Å²) in [4.78, 5) is 23.0. The van der Waals surface area contributed by atoms with E-state index in [0.29, 0.717) is 17.0 Å². The maximum Gasteiger partial charge on any atom is 0.251 e. The third kappa shape index (κ3) is 3.28. The van der Waals surface area contributed by atoms with Crippen LogP contribution >= 0.6 is 11.3 Å². The topological polar surface area (TPSA) is 98.2 Å². The molecule has 17 heavy (non-hydrogen) atoms. The first-order chi connectivity index (χ1) is 7.88. The first-order valence-electron chi connectivity index (χ1n) is 5.36. The highest BCUT2D eigenvalue weighted by atomic mass is 32.1. The standard InChI is InChI=1S/C11H17N3O2S/c1-3-5-11(2,13)10(16)14-9-7(8(12)15)4-6-17-9/h4,6H,3,5,13H2,1-2H3,(H2,12,15)(H,14,16). The lowest BCUT2D eigenvalue weighted by Gasteiger charge is -2.22. The van der Waals surface area contributed by atoms with E-state index in [4.69, 9.17) is 11.5 Å². The quantitative estimate of drug-likeness (QED) is 0.739. The molecule has 2 amide bonds. The molecule has 0 bridgehead atoms. The van der Waals surface area contributed by atoms with E-state index in [2.05, 4.69) is 5.32 Å². The molecule has 5 nitrogen and oxygen atoms in total. The molecule has 0 aliphatic heterocycles. The zero-order valence-electron chi connectivity index (χ0n) is 9.95. The van der Waals surface area contributed by atoms with Gasteiger partial charge in [-0.25, -0.2) is 0 Å². The molecular formula is C11H17N3O2S. The Bertz CT molecular complexity index is 426. The lowest BCUT2D eigenvalue weighted by atomic mass is 9.96. The third-order valence-corrected chi connectivity index (χ3v) is 3.28. The van der Waals surface area contributed by atoms with Gasteiger partial charge in [-0.1, -0.05) is 13.3 Å². The number of carbonyl (C=O) groups excluding carboxylic acids is 2. The fourth-order valence-electron chi connectivity index (χ4n) is 1.48. The molecule has 6 heteroatoms. The van der Waals surface area contributed by atoms with Crippen LogP contribution < -0.4 is 16.8 Å². The van der Waals surface area contributed by atoms with Crippen LogP contribution in [0.4, 0.5) is 5.00 Å². The number of carbonyl (C=O) groups is 2. The average molecular weight is 255 g/mol. The Labute approximate surface area is 104 Å². The summed E-state index contributed by atoms with van der Waals surface area (Å²) >= 11 is 1.25. The maximum atomic E-state index is 11.9. The van der Waals surface area contributed by atoms with Crippen LogP contribution in [0.1, 0.15) is 37.0 Å². The summed E-state index contributed by atoms with van der Waals surface area (Å²) in [6.45, 7) is 3.63. The van der Waals surface area contributed by atoms with Crippen LogP contribution in [0.25, 0.3) is 0 Å². The van der Waals surface area contributed by atoms with Gasteiger partial charge in [-0.05, 0) is 24.8 Å². The molecule has 1 aromatic heterocycles. The molecule has 5 N–H and O–H groups in total. The Kier molecular flexibility index (Phi) is 4.25. The van der Waals surface area contributed by atoms with Crippen LogP contribution in [-0.4, -0.2) is 17.4 Å².